The number of fused-ring (bicyclic) bond motifs is 2. The number of rotatable bonds is 7. The predicted octanol–water partition coefficient (Wildman–Crippen LogP) is 10.7. The summed E-state index contributed by atoms with van der Waals surface area (Å²) < 4.78 is 64.5. The zero-order valence-corrected chi connectivity index (χ0v) is 44.0. The summed E-state index contributed by atoms with van der Waals surface area (Å²) in [6.45, 7) is 23.4. The van der Waals surface area contributed by atoms with E-state index in [4.69, 9.17) is 14.7 Å². The second-order valence-corrected chi connectivity index (χ2v) is 24.2. The molecule has 2 saturated heterocycles. The molecule has 0 atom stereocenters. The van der Waals surface area contributed by atoms with Gasteiger partial charge in [-0.05, 0) is 108 Å². The molecule has 3 aliphatic carbocycles. The van der Waals surface area contributed by atoms with Crippen LogP contribution in [-0.2, 0) is 33.5 Å². The van der Waals surface area contributed by atoms with Crippen molar-refractivity contribution in [3.05, 3.63) is 59.2 Å². The van der Waals surface area contributed by atoms with Gasteiger partial charge in [-0.2, -0.15) is 0 Å². The monoisotopic (exact) mass is 1000 g/mol. The lowest BCUT2D eigenvalue weighted by atomic mass is 9.86. The molecule has 3 saturated carbocycles. The molecular formula is C55H76F4N8O5. The highest BCUT2D eigenvalue weighted by atomic mass is 19.3. The van der Waals surface area contributed by atoms with E-state index in [1.807, 2.05) is 67.0 Å². The molecule has 4 aromatic rings. The predicted molar refractivity (Wildman–Crippen MR) is 270 cm³/mol. The van der Waals surface area contributed by atoms with E-state index in [1.165, 1.54) is 0 Å². The summed E-state index contributed by atoms with van der Waals surface area (Å²) >= 11 is 0. The molecule has 0 bridgehead atoms. The smallest absolute Gasteiger partial charge is 0.410 e. The summed E-state index contributed by atoms with van der Waals surface area (Å²) in [6.07, 6.45) is 3.45. The Morgan fingerprint density at radius 2 is 0.903 bits per heavy atom. The van der Waals surface area contributed by atoms with Gasteiger partial charge in [-0.3, -0.25) is 14.4 Å². The maximum Gasteiger partial charge on any atom is 0.410 e. The van der Waals surface area contributed by atoms with Gasteiger partial charge >= 0.3 is 6.09 Å². The summed E-state index contributed by atoms with van der Waals surface area (Å²) in [5, 5.41) is 0. The Hall–Kier alpha value is -5.22. The number of amides is 4. The number of imidazole rings is 2. The van der Waals surface area contributed by atoms with Gasteiger partial charge in [0.1, 0.15) is 17.2 Å². The van der Waals surface area contributed by atoms with Gasteiger partial charge in [0, 0.05) is 119 Å². The molecule has 0 radical (unpaired) electrons. The molecule has 4 amide bonds. The summed E-state index contributed by atoms with van der Waals surface area (Å²) in [5.74, 6) is -2.57. The van der Waals surface area contributed by atoms with Crippen molar-refractivity contribution in [1.29, 1.82) is 0 Å². The SMILES string of the molecule is CC(C)(C)OC(=O)N1CCN(C(=O)c2ccc3c(c2)nc(C(C)(C)C)n3CC2CCC(F)(F)CC2)CC1.CC(C)(C)c1nc2cc(C(=O)N3CCN(C(=O)C4CC4)CC3)ccc2n1CC1CCC(F)(F)CC1. The Morgan fingerprint density at radius 3 is 1.25 bits per heavy atom. The highest BCUT2D eigenvalue weighted by molar-refractivity contribution is 5.98. The maximum atomic E-state index is 13.7. The molecule has 5 fully saturated rings. The van der Waals surface area contributed by atoms with Crippen molar-refractivity contribution in [2.45, 2.75) is 168 Å². The van der Waals surface area contributed by atoms with Crippen molar-refractivity contribution in [1.82, 2.24) is 38.7 Å². The van der Waals surface area contributed by atoms with Gasteiger partial charge in [0.15, 0.2) is 0 Å². The molecule has 13 nitrogen and oxygen atoms in total. The molecule has 2 aromatic heterocycles. The molecule has 72 heavy (non-hydrogen) atoms. The number of alkyl halides is 4. The third kappa shape index (κ3) is 12.6. The normalized spacial score (nSPS) is 20.4. The third-order valence-corrected chi connectivity index (χ3v) is 14.9. The minimum atomic E-state index is -2.55. The summed E-state index contributed by atoms with van der Waals surface area (Å²) in [7, 11) is 0. The molecule has 0 N–H and O–H groups in total. The van der Waals surface area contributed by atoms with Crippen LogP contribution in [0.25, 0.3) is 22.1 Å². The van der Waals surface area contributed by atoms with Gasteiger partial charge in [-0.15, -0.1) is 0 Å². The molecule has 394 valence electrons. The summed E-state index contributed by atoms with van der Waals surface area (Å²) in [6, 6.07) is 11.3. The van der Waals surface area contributed by atoms with Crippen LogP contribution in [0.3, 0.4) is 0 Å². The van der Waals surface area contributed by atoms with Crippen LogP contribution in [0.15, 0.2) is 36.4 Å². The zero-order chi connectivity index (χ0) is 52.1. The minimum absolute atomic E-state index is 0.0354. The molecule has 4 heterocycles. The fourth-order valence-corrected chi connectivity index (χ4v) is 10.6. The van der Waals surface area contributed by atoms with Crippen LogP contribution in [0.5, 0.6) is 0 Å². The quantitative estimate of drug-likeness (QED) is 0.169. The molecule has 17 heteroatoms. The molecule has 2 aromatic carbocycles. The fourth-order valence-electron chi connectivity index (χ4n) is 10.6. The van der Waals surface area contributed by atoms with Crippen LogP contribution in [0.2, 0.25) is 0 Å². The minimum Gasteiger partial charge on any atom is -0.444 e. The van der Waals surface area contributed by atoms with Gasteiger partial charge < -0.3 is 33.5 Å². The summed E-state index contributed by atoms with van der Waals surface area (Å²) in [4.78, 5) is 68.2. The number of halogens is 4. The summed E-state index contributed by atoms with van der Waals surface area (Å²) in [5.41, 5.74) is 3.52. The van der Waals surface area contributed by atoms with Gasteiger partial charge in [0.25, 0.3) is 11.8 Å². The lowest BCUT2D eigenvalue weighted by molar-refractivity contribution is -0.134. The molecule has 0 unspecified atom stereocenters. The van der Waals surface area contributed by atoms with E-state index in [9.17, 15) is 36.7 Å². The van der Waals surface area contributed by atoms with E-state index >= 15 is 0 Å². The number of nitrogens with zero attached hydrogens (tertiary/aromatic N) is 8. The second kappa shape index (κ2) is 20.2. The highest BCUT2D eigenvalue weighted by Gasteiger charge is 2.39. The van der Waals surface area contributed by atoms with Crippen molar-refractivity contribution in [3.63, 3.8) is 0 Å². The Bertz CT molecular complexity index is 2620. The van der Waals surface area contributed by atoms with E-state index in [1.54, 1.807) is 9.80 Å². The van der Waals surface area contributed by atoms with E-state index in [0.29, 0.717) is 102 Å². The van der Waals surface area contributed by atoms with E-state index in [2.05, 4.69) is 50.7 Å². The van der Waals surface area contributed by atoms with Crippen LogP contribution in [0.4, 0.5) is 22.4 Å². The van der Waals surface area contributed by atoms with E-state index < -0.39 is 17.4 Å². The van der Waals surface area contributed by atoms with E-state index in [-0.39, 0.29) is 78.1 Å². The lowest BCUT2D eigenvalue weighted by Crippen LogP contribution is -2.51. The van der Waals surface area contributed by atoms with Crippen molar-refractivity contribution in [2.75, 3.05) is 52.4 Å². The second-order valence-electron chi connectivity index (χ2n) is 24.2. The number of aromatic nitrogens is 4. The number of carbonyl (C=O) groups excluding carboxylic acids is 4. The van der Waals surface area contributed by atoms with Crippen molar-refractivity contribution in [3.8, 4) is 0 Å². The van der Waals surface area contributed by atoms with Gasteiger partial charge in [0.2, 0.25) is 17.8 Å². The van der Waals surface area contributed by atoms with Gasteiger partial charge in [-0.25, -0.2) is 32.3 Å². The Kier molecular flexibility index (Phi) is 14.9. The van der Waals surface area contributed by atoms with Crippen LogP contribution in [-0.4, -0.2) is 132 Å². The maximum absolute atomic E-state index is 13.7. The number of hydrogen-bond donors (Lipinski definition) is 0. The average Bonchev–Trinajstić information content (AvgIpc) is 4.01. The molecule has 5 aliphatic rings. The molecular weight excluding hydrogens is 929 g/mol. The largest absolute Gasteiger partial charge is 0.444 e. The van der Waals surface area contributed by atoms with Crippen molar-refractivity contribution >= 4 is 45.9 Å². The van der Waals surface area contributed by atoms with E-state index in [0.717, 1.165) is 46.6 Å². The number of hydrogen-bond acceptors (Lipinski definition) is 7. The average molecular weight is 1010 g/mol. The molecule has 0 spiro atoms. The van der Waals surface area contributed by atoms with Crippen LogP contribution >= 0.6 is 0 Å². The first-order chi connectivity index (χ1) is 33.6. The first-order valence-corrected chi connectivity index (χ1v) is 26.3. The standard InChI is InChI=1S/C28H40F2N4O3.C27H36F2N4O2/c1-26(2,3)24-31-21-17-20(7-8-22(21)34(24)18-19-9-11-28(29,30)12-10-19)23(35)32-13-15-33(16-14-32)25(36)37-27(4,5)6;1-26(2,3)25-30-21-16-20(24(35)32-14-12-31(13-15-32)23(34)19-4-5-19)6-7-22(21)33(25)17-18-8-10-27(28,29)11-9-18/h7-8,17,19H,9-16,18H2,1-6H3;6-7,16,18-19H,4-5,8-15,17H2,1-3H3. The Morgan fingerprint density at radius 1 is 0.542 bits per heavy atom. The van der Waals surface area contributed by atoms with Gasteiger partial charge in [-0.1, -0.05) is 41.5 Å². The number of carbonyl (C=O) groups is 4. The van der Waals surface area contributed by atoms with Crippen molar-refractivity contribution < 1.29 is 41.5 Å². The fraction of sp³-hybridized carbons (Fsp3) is 0.673. The molecule has 2 aliphatic heterocycles. The first-order valence-electron chi connectivity index (χ1n) is 26.3. The third-order valence-electron chi connectivity index (χ3n) is 14.9. The van der Waals surface area contributed by atoms with Crippen molar-refractivity contribution in [2.24, 2.45) is 17.8 Å². The Labute approximate surface area is 422 Å². The van der Waals surface area contributed by atoms with Crippen LogP contribution < -0.4 is 0 Å². The van der Waals surface area contributed by atoms with Gasteiger partial charge in [0.05, 0.1) is 22.1 Å². The number of ether oxygens (including phenoxy) is 1. The zero-order valence-electron chi connectivity index (χ0n) is 44.0. The first kappa shape index (κ1) is 53.1. The van der Waals surface area contributed by atoms with Crippen LogP contribution in [0, 0.1) is 17.8 Å². The number of piperazine rings is 2. The Balaban J connectivity index is 0.000000193. The number of benzene rings is 2. The van der Waals surface area contributed by atoms with Crippen LogP contribution in [0.1, 0.15) is 159 Å². The highest BCUT2D eigenvalue weighted by Crippen LogP contribution is 2.40. The lowest BCUT2D eigenvalue weighted by Gasteiger charge is -2.35. The topological polar surface area (TPSA) is 126 Å². The molecule has 9 rings (SSSR count).